The lowest BCUT2D eigenvalue weighted by atomic mass is 9.99. The van der Waals surface area contributed by atoms with Gasteiger partial charge in [-0.1, -0.05) is 6.92 Å². The van der Waals surface area contributed by atoms with E-state index in [1.165, 1.54) is 38.0 Å². The van der Waals surface area contributed by atoms with Crippen molar-refractivity contribution in [1.29, 1.82) is 0 Å². The van der Waals surface area contributed by atoms with Crippen LogP contribution in [0.15, 0.2) is 12.4 Å². The average Bonchev–Trinajstić information content (AvgIpc) is 2.87. The van der Waals surface area contributed by atoms with Crippen LogP contribution in [0, 0.1) is 5.92 Å². The van der Waals surface area contributed by atoms with Gasteiger partial charge in [0.1, 0.15) is 0 Å². The molecule has 0 saturated carbocycles. The van der Waals surface area contributed by atoms with Gasteiger partial charge in [0.05, 0.1) is 6.20 Å². The highest BCUT2D eigenvalue weighted by molar-refractivity contribution is 5.03. The van der Waals surface area contributed by atoms with Crippen LogP contribution in [-0.4, -0.2) is 40.9 Å². The van der Waals surface area contributed by atoms with Crippen LogP contribution in [0.5, 0.6) is 0 Å². The largest absolute Gasteiger partial charge is 0.316 e. The lowest BCUT2D eigenvalue weighted by molar-refractivity contribution is 0.209. The molecule has 0 amide bonds. The van der Waals surface area contributed by atoms with Crippen molar-refractivity contribution >= 4 is 0 Å². The molecule has 0 bridgehead atoms. The SMILES string of the molecule is CCN(Cc1cnn(CC)c1)C[C@@H]1CCCNC1. The summed E-state index contributed by atoms with van der Waals surface area (Å²) in [6, 6.07) is 0. The van der Waals surface area contributed by atoms with Crippen molar-refractivity contribution in [2.75, 3.05) is 26.2 Å². The van der Waals surface area contributed by atoms with E-state index in [9.17, 15) is 0 Å². The van der Waals surface area contributed by atoms with Gasteiger partial charge in [0, 0.05) is 31.4 Å². The van der Waals surface area contributed by atoms with E-state index in [4.69, 9.17) is 0 Å². The molecule has 1 saturated heterocycles. The third-order valence-corrected chi connectivity index (χ3v) is 3.78. The van der Waals surface area contributed by atoms with E-state index in [1.807, 2.05) is 10.9 Å². The summed E-state index contributed by atoms with van der Waals surface area (Å²) in [5, 5.41) is 7.84. The van der Waals surface area contributed by atoms with Gasteiger partial charge in [-0.3, -0.25) is 9.58 Å². The summed E-state index contributed by atoms with van der Waals surface area (Å²) in [5.41, 5.74) is 1.34. The number of hydrogen-bond acceptors (Lipinski definition) is 3. The number of nitrogens with zero attached hydrogens (tertiary/aromatic N) is 3. The Hall–Kier alpha value is -0.870. The zero-order chi connectivity index (χ0) is 12.8. The molecule has 102 valence electrons. The molecule has 4 heteroatoms. The van der Waals surface area contributed by atoms with Crippen LogP contribution in [0.4, 0.5) is 0 Å². The first-order valence-electron chi connectivity index (χ1n) is 7.26. The minimum absolute atomic E-state index is 0.819. The monoisotopic (exact) mass is 250 g/mol. The number of aromatic nitrogens is 2. The van der Waals surface area contributed by atoms with Crippen LogP contribution in [0.1, 0.15) is 32.3 Å². The average molecular weight is 250 g/mol. The van der Waals surface area contributed by atoms with E-state index >= 15 is 0 Å². The summed E-state index contributed by atoms with van der Waals surface area (Å²) in [6.45, 7) is 11.1. The predicted molar refractivity (Wildman–Crippen MR) is 74.4 cm³/mol. The molecule has 0 aliphatic carbocycles. The third kappa shape index (κ3) is 3.82. The van der Waals surface area contributed by atoms with E-state index in [2.05, 4.69) is 35.4 Å². The zero-order valence-corrected chi connectivity index (χ0v) is 11.7. The molecule has 0 unspecified atom stereocenters. The van der Waals surface area contributed by atoms with Crippen LogP contribution in [-0.2, 0) is 13.1 Å². The maximum absolute atomic E-state index is 4.35. The van der Waals surface area contributed by atoms with Gasteiger partial charge >= 0.3 is 0 Å². The second kappa shape index (κ2) is 6.90. The fourth-order valence-corrected chi connectivity index (χ4v) is 2.67. The topological polar surface area (TPSA) is 33.1 Å². The van der Waals surface area contributed by atoms with Gasteiger partial charge in [-0.2, -0.15) is 5.10 Å². The maximum atomic E-state index is 4.35. The van der Waals surface area contributed by atoms with E-state index in [1.54, 1.807) is 0 Å². The third-order valence-electron chi connectivity index (χ3n) is 3.78. The first kappa shape index (κ1) is 13.6. The molecule has 1 N–H and O–H groups in total. The van der Waals surface area contributed by atoms with Gasteiger partial charge in [-0.05, 0) is 45.3 Å². The summed E-state index contributed by atoms with van der Waals surface area (Å²) >= 11 is 0. The van der Waals surface area contributed by atoms with Crippen molar-refractivity contribution in [2.45, 2.75) is 39.8 Å². The normalized spacial score (nSPS) is 20.5. The summed E-state index contributed by atoms with van der Waals surface area (Å²) in [7, 11) is 0. The van der Waals surface area contributed by atoms with Crippen LogP contribution < -0.4 is 5.32 Å². The molecular weight excluding hydrogens is 224 g/mol. The quantitative estimate of drug-likeness (QED) is 0.834. The summed E-state index contributed by atoms with van der Waals surface area (Å²) in [5.74, 6) is 0.819. The molecule has 0 aromatic carbocycles. The Morgan fingerprint density at radius 1 is 1.50 bits per heavy atom. The number of nitrogens with one attached hydrogen (secondary N) is 1. The van der Waals surface area contributed by atoms with Gasteiger partial charge in [-0.15, -0.1) is 0 Å². The Balaban J connectivity index is 1.84. The molecule has 4 nitrogen and oxygen atoms in total. The van der Waals surface area contributed by atoms with Crippen molar-refractivity contribution in [3.8, 4) is 0 Å². The Kier molecular flexibility index (Phi) is 5.20. The minimum atomic E-state index is 0.819. The molecule has 2 rings (SSSR count). The molecule has 1 fully saturated rings. The molecule has 1 aliphatic rings. The first-order valence-corrected chi connectivity index (χ1v) is 7.26. The van der Waals surface area contributed by atoms with Crippen molar-refractivity contribution in [1.82, 2.24) is 20.0 Å². The maximum Gasteiger partial charge on any atom is 0.0534 e. The van der Waals surface area contributed by atoms with E-state index < -0.39 is 0 Å². The van der Waals surface area contributed by atoms with Crippen molar-refractivity contribution in [3.05, 3.63) is 18.0 Å². The van der Waals surface area contributed by atoms with Crippen LogP contribution >= 0.6 is 0 Å². The van der Waals surface area contributed by atoms with Gasteiger partial charge in [0.25, 0.3) is 0 Å². The summed E-state index contributed by atoms with van der Waals surface area (Å²) in [6.07, 6.45) is 6.88. The molecule has 0 spiro atoms. The number of piperidine rings is 1. The summed E-state index contributed by atoms with van der Waals surface area (Å²) < 4.78 is 2.01. The molecule has 1 aromatic heterocycles. The standard InChI is InChI=1S/C14H26N4/c1-3-17(10-13-6-5-7-15-8-13)11-14-9-16-18(4-2)12-14/h9,12-13,15H,3-8,10-11H2,1-2H3/t13-/m1/s1. The predicted octanol–water partition coefficient (Wildman–Crippen LogP) is 1.72. The molecule has 1 aliphatic heterocycles. The van der Waals surface area contributed by atoms with Gasteiger partial charge < -0.3 is 5.32 Å². The fraction of sp³-hybridized carbons (Fsp3) is 0.786. The number of hydrogen-bond donors (Lipinski definition) is 1. The van der Waals surface area contributed by atoms with Crippen LogP contribution in [0.25, 0.3) is 0 Å². The lowest BCUT2D eigenvalue weighted by Gasteiger charge is -2.29. The zero-order valence-electron chi connectivity index (χ0n) is 11.7. The number of rotatable bonds is 6. The second-order valence-electron chi connectivity index (χ2n) is 5.24. The lowest BCUT2D eigenvalue weighted by Crippen LogP contribution is -2.38. The first-order chi connectivity index (χ1) is 8.81. The highest BCUT2D eigenvalue weighted by atomic mass is 15.3. The molecule has 1 aromatic rings. The Morgan fingerprint density at radius 3 is 3.00 bits per heavy atom. The van der Waals surface area contributed by atoms with Crippen LogP contribution in [0.2, 0.25) is 0 Å². The Labute approximate surface area is 110 Å². The van der Waals surface area contributed by atoms with E-state index in [-0.39, 0.29) is 0 Å². The van der Waals surface area contributed by atoms with Crippen LogP contribution in [0.3, 0.4) is 0 Å². The molecule has 2 heterocycles. The highest BCUT2D eigenvalue weighted by Gasteiger charge is 2.16. The smallest absolute Gasteiger partial charge is 0.0534 e. The highest BCUT2D eigenvalue weighted by Crippen LogP contribution is 2.13. The van der Waals surface area contributed by atoms with Crippen molar-refractivity contribution < 1.29 is 0 Å². The number of aryl methyl sites for hydroxylation is 1. The van der Waals surface area contributed by atoms with Crippen molar-refractivity contribution in [2.24, 2.45) is 5.92 Å². The Bertz CT molecular complexity index is 341. The van der Waals surface area contributed by atoms with Crippen molar-refractivity contribution in [3.63, 3.8) is 0 Å². The van der Waals surface area contributed by atoms with Gasteiger partial charge in [0.15, 0.2) is 0 Å². The minimum Gasteiger partial charge on any atom is -0.316 e. The molecular formula is C14H26N4. The molecule has 18 heavy (non-hydrogen) atoms. The second-order valence-corrected chi connectivity index (χ2v) is 5.24. The molecule has 0 radical (unpaired) electrons. The molecule has 1 atom stereocenters. The Morgan fingerprint density at radius 2 is 2.39 bits per heavy atom. The summed E-state index contributed by atoms with van der Waals surface area (Å²) in [4.78, 5) is 2.54. The van der Waals surface area contributed by atoms with E-state index in [0.29, 0.717) is 0 Å². The van der Waals surface area contributed by atoms with E-state index in [0.717, 1.165) is 25.6 Å². The fourth-order valence-electron chi connectivity index (χ4n) is 2.67. The van der Waals surface area contributed by atoms with Gasteiger partial charge in [-0.25, -0.2) is 0 Å². The van der Waals surface area contributed by atoms with Gasteiger partial charge in [0.2, 0.25) is 0 Å².